The molecule has 0 radical (unpaired) electrons. The van der Waals surface area contributed by atoms with Gasteiger partial charge in [-0.2, -0.15) is 13.2 Å². The van der Waals surface area contributed by atoms with Gasteiger partial charge in [0, 0.05) is 32.2 Å². The molecule has 2 heterocycles. The highest BCUT2D eigenvalue weighted by Gasteiger charge is 2.34. The van der Waals surface area contributed by atoms with E-state index in [4.69, 9.17) is 4.74 Å². The molecule has 0 aliphatic carbocycles. The third-order valence-electron chi connectivity index (χ3n) is 4.02. The fourth-order valence-electron chi connectivity index (χ4n) is 2.79. The third kappa shape index (κ3) is 3.70. The topological polar surface area (TPSA) is 61.5 Å². The van der Waals surface area contributed by atoms with E-state index in [0.29, 0.717) is 32.2 Å². The molecule has 1 fully saturated rings. The van der Waals surface area contributed by atoms with E-state index in [1.807, 2.05) is 24.3 Å². The van der Waals surface area contributed by atoms with E-state index >= 15 is 0 Å². The first-order chi connectivity index (χ1) is 11.9. The first-order valence-electron chi connectivity index (χ1n) is 7.70. The molecule has 0 atom stereocenters. The van der Waals surface area contributed by atoms with Crippen LogP contribution in [0.15, 0.2) is 35.1 Å². The molecule has 2 aromatic rings. The minimum atomic E-state index is -4.65. The van der Waals surface area contributed by atoms with Gasteiger partial charge in [-0.05, 0) is 12.1 Å². The number of H-pyrrole nitrogens is 1. The highest BCUT2D eigenvalue weighted by Crippen LogP contribution is 2.30. The second kappa shape index (κ2) is 6.66. The number of ether oxygens (including phenoxy) is 1. The summed E-state index contributed by atoms with van der Waals surface area (Å²) in [5.74, 6) is 0.682. The third-order valence-corrected chi connectivity index (χ3v) is 4.02. The Hall–Kier alpha value is -2.71. The van der Waals surface area contributed by atoms with Crippen molar-refractivity contribution in [3.63, 3.8) is 0 Å². The van der Waals surface area contributed by atoms with Crippen molar-refractivity contribution in [3.05, 3.63) is 46.4 Å². The smallest absolute Gasteiger partial charge is 0.433 e. The van der Waals surface area contributed by atoms with Crippen molar-refractivity contribution in [1.29, 1.82) is 0 Å². The maximum Gasteiger partial charge on any atom is 0.433 e. The fraction of sp³-hybridized carbons (Fsp3) is 0.375. The minimum absolute atomic E-state index is 0.0560. The second-order valence-electron chi connectivity index (χ2n) is 5.60. The van der Waals surface area contributed by atoms with Gasteiger partial charge in [0.15, 0.2) is 5.69 Å². The molecule has 1 aromatic heterocycles. The van der Waals surface area contributed by atoms with Crippen LogP contribution in [0.4, 0.5) is 24.8 Å². The number of hydrogen-bond donors (Lipinski definition) is 1. The Morgan fingerprint density at radius 2 is 1.76 bits per heavy atom. The normalized spacial score (nSPS) is 15.4. The molecule has 0 spiro atoms. The summed E-state index contributed by atoms with van der Waals surface area (Å²) in [6.07, 6.45) is -4.65. The number of aromatic nitrogens is 2. The van der Waals surface area contributed by atoms with Gasteiger partial charge in [0.1, 0.15) is 5.75 Å². The lowest BCUT2D eigenvalue weighted by Gasteiger charge is -2.36. The number of hydrogen-bond acceptors (Lipinski definition) is 5. The quantitative estimate of drug-likeness (QED) is 0.915. The number of anilines is 2. The predicted octanol–water partition coefficient (Wildman–Crippen LogP) is 2.12. The summed E-state index contributed by atoms with van der Waals surface area (Å²) < 4.78 is 43.8. The number of alkyl halides is 3. The molecule has 1 N–H and O–H groups in total. The lowest BCUT2D eigenvalue weighted by Crippen LogP contribution is -2.47. The number of rotatable bonds is 3. The Bertz CT molecular complexity index is 798. The van der Waals surface area contributed by atoms with Crippen molar-refractivity contribution in [2.45, 2.75) is 6.18 Å². The van der Waals surface area contributed by atoms with Crippen LogP contribution in [-0.4, -0.2) is 43.3 Å². The number of piperazine rings is 1. The van der Waals surface area contributed by atoms with Crippen molar-refractivity contribution in [2.75, 3.05) is 43.1 Å². The number of nitrogens with zero attached hydrogens (tertiary/aromatic N) is 3. The molecule has 1 aliphatic heterocycles. The van der Waals surface area contributed by atoms with Crippen LogP contribution in [0.3, 0.4) is 0 Å². The molecule has 134 valence electrons. The van der Waals surface area contributed by atoms with Crippen molar-refractivity contribution >= 4 is 11.6 Å². The summed E-state index contributed by atoms with van der Waals surface area (Å²) in [7, 11) is 1.59. The van der Waals surface area contributed by atoms with Crippen molar-refractivity contribution in [2.24, 2.45) is 0 Å². The monoisotopic (exact) mass is 354 g/mol. The molecular formula is C16H17F3N4O2. The van der Waals surface area contributed by atoms with Gasteiger partial charge in [-0.3, -0.25) is 9.78 Å². The van der Waals surface area contributed by atoms with Crippen LogP contribution in [0.5, 0.6) is 5.75 Å². The van der Waals surface area contributed by atoms with E-state index in [0.717, 1.165) is 11.4 Å². The molecule has 1 aliphatic rings. The van der Waals surface area contributed by atoms with Gasteiger partial charge in [0.2, 0.25) is 5.95 Å². The standard InChI is InChI=1S/C16H17F3N4O2/c1-25-12-5-3-2-4-11(12)22-6-8-23(9-7-22)15-20-13(16(17,18)19)10-14(24)21-15/h2-5,10H,6-9H2,1H3,(H,20,21,24). The summed E-state index contributed by atoms with van der Waals surface area (Å²) in [6, 6.07) is 8.02. The Morgan fingerprint density at radius 1 is 1.12 bits per heavy atom. The molecule has 3 rings (SSSR count). The van der Waals surface area contributed by atoms with Crippen LogP contribution >= 0.6 is 0 Å². The van der Waals surface area contributed by atoms with Gasteiger partial charge in [-0.1, -0.05) is 12.1 Å². The molecule has 0 bridgehead atoms. The van der Waals surface area contributed by atoms with Gasteiger partial charge in [-0.25, -0.2) is 4.98 Å². The van der Waals surface area contributed by atoms with Crippen LogP contribution in [0.25, 0.3) is 0 Å². The summed E-state index contributed by atoms with van der Waals surface area (Å²) in [5, 5.41) is 0. The van der Waals surface area contributed by atoms with Crippen LogP contribution in [0, 0.1) is 0 Å². The number of methoxy groups -OCH3 is 1. The molecule has 1 saturated heterocycles. The molecule has 0 unspecified atom stereocenters. The zero-order chi connectivity index (χ0) is 18.0. The summed E-state index contributed by atoms with van der Waals surface area (Å²) in [6.45, 7) is 2.01. The Morgan fingerprint density at radius 3 is 2.40 bits per heavy atom. The predicted molar refractivity (Wildman–Crippen MR) is 87.3 cm³/mol. The van der Waals surface area contributed by atoms with E-state index in [1.54, 1.807) is 12.0 Å². The fourth-order valence-corrected chi connectivity index (χ4v) is 2.79. The van der Waals surface area contributed by atoms with Gasteiger partial charge in [-0.15, -0.1) is 0 Å². The minimum Gasteiger partial charge on any atom is -0.495 e. The molecule has 6 nitrogen and oxygen atoms in total. The second-order valence-corrected chi connectivity index (χ2v) is 5.60. The van der Waals surface area contributed by atoms with Crippen molar-refractivity contribution in [3.8, 4) is 5.75 Å². The summed E-state index contributed by atoms with van der Waals surface area (Å²) in [5.41, 5.74) is -1.07. The maximum absolute atomic E-state index is 12.8. The summed E-state index contributed by atoms with van der Waals surface area (Å²) in [4.78, 5) is 21.2. The largest absolute Gasteiger partial charge is 0.495 e. The zero-order valence-electron chi connectivity index (χ0n) is 13.5. The van der Waals surface area contributed by atoms with Gasteiger partial charge in [0.25, 0.3) is 5.56 Å². The molecule has 0 amide bonds. The number of halogens is 3. The zero-order valence-corrected chi connectivity index (χ0v) is 13.5. The van der Waals surface area contributed by atoms with Crippen LogP contribution in [0.2, 0.25) is 0 Å². The van der Waals surface area contributed by atoms with E-state index < -0.39 is 17.4 Å². The van der Waals surface area contributed by atoms with Gasteiger partial charge >= 0.3 is 6.18 Å². The Labute approximate surface area is 141 Å². The van der Waals surface area contributed by atoms with Gasteiger partial charge in [0.05, 0.1) is 12.8 Å². The number of benzene rings is 1. The number of nitrogens with one attached hydrogen (secondary N) is 1. The maximum atomic E-state index is 12.8. The highest BCUT2D eigenvalue weighted by molar-refractivity contribution is 5.59. The molecular weight excluding hydrogens is 337 g/mol. The van der Waals surface area contributed by atoms with Gasteiger partial charge < -0.3 is 14.5 Å². The average Bonchev–Trinajstić information content (AvgIpc) is 2.60. The average molecular weight is 354 g/mol. The number of aromatic amines is 1. The molecule has 25 heavy (non-hydrogen) atoms. The first-order valence-corrected chi connectivity index (χ1v) is 7.70. The van der Waals surface area contributed by atoms with E-state index in [2.05, 4.69) is 14.9 Å². The highest BCUT2D eigenvalue weighted by atomic mass is 19.4. The molecule has 1 aromatic carbocycles. The van der Waals surface area contributed by atoms with Crippen LogP contribution in [0.1, 0.15) is 5.69 Å². The van der Waals surface area contributed by atoms with E-state index in [9.17, 15) is 18.0 Å². The Kier molecular flexibility index (Phi) is 4.56. The lowest BCUT2D eigenvalue weighted by atomic mass is 10.2. The Balaban J connectivity index is 1.77. The van der Waals surface area contributed by atoms with Crippen molar-refractivity contribution in [1.82, 2.24) is 9.97 Å². The molecule has 9 heteroatoms. The summed E-state index contributed by atoms with van der Waals surface area (Å²) >= 11 is 0. The first kappa shape index (κ1) is 17.1. The van der Waals surface area contributed by atoms with Crippen LogP contribution in [-0.2, 0) is 6.18 Å². The lowest BCUT2D eigenvalue weighted by molar-refractivity contribution is -0.141. The van der Waals surface area contributed by atoms with Crippen molar-refractivity contribution < 1.29 is 17.9 Å². The molecule has 0 saturated carbocycles. The van der Waals surface area contributed by atoms with E-state index in [-0.39, 0.29) is 5.95 Å². The van der Waals surface area contributed by atoms with Crippen LogP contribution < -0.4 is 20.1 Å². The number of para-hydroxylation sites is 2. The SMILES string of the molecule is COc1ccccc1N1CCN(c2nc(C(F)(F)F)cc(=O)[nH]2)CC1. The van der Waals surface area contributed by atoms with E-state index in [1.165, 1.54) is 0 Å².